The highest BCUT2D eigenvalue weighted by molar-refractivity contribution is 9.10. The van der Waals surface area contributed by atoms with Crippen LogP contribution in [0.2, 0.25) is 0 Å². The van der Waals surface area contributed by atoms with Gasteiger partial charge in [0.25, 0.3) is 5.91 Å². The molecule has 1 aliphatic rings. The smallest absolute Gasteiger partial charge is 0.258 e. The van der Waals surface area contributed by atoms with E-state index in [0.29, 0.717) is 10.2 Å². The lowest BCUT2D eigenvalue weighted by atomic mass is 10.1. The molecule has 2 heterocycles. The van der Waals surface area contributed by atoms with Gasteiger partial charge in [0, 0.05) is 25.7 Å². The summed E-state index contributed by atoms with van der Waals surface area (Å²) in [6.45, 7) is 4.68. The van der Waals surface area contributed by atoms with E-state index in [0.717, 1.165) is 19.6 Å². The van der Waals surface area contributed by atoms with Crippen molar-refractivity contribution in [3.8, 4) is 0 Å². The summed E-state index contributed by atoms with van der Waals surface area (Å²) in [5.74, 6) is 0.0428. The summed E-state index contributed by atoms with van der Waals surface area (Å²) in [7, 11) is 2.08. The van der Waals surface area contributed by atoms with Gasteiger partial charge in [-0.05, 0) is 36.0 Å². The summed E-state index contributed by atoms with van der Waals surface area (Å²) < 4.78 is 5.61. The molecule has 1 aromatic heterocycles. The van der Waals surface area contributed by atoms with Crippen LogP contribution in [-0.4, -0.2) is 48.4 Å². The molecule has 5 heteroatoms. The number of hydrogen-bond acceptors (Lipinski definition) is 3. The summed E-state index contributed by atoms with van der Waals surface area (Å²) in [4.78, 5) is 16.3. The zero-order valence-electron chi connectivity index (χ0n) is 9.44. The molecule has 1 aromatic rings. The van der Waals surface area contributed by atoms with Gasteiger partial charge >= 0.3 is 0 Å². The van der Waals surface area contributed by atoms with E-state index in [1.165, 1.54) is 6.26 Å². The van der Waals surface area contributed by atoms with Crippen LogP contribution in [0.3, 0.4) is 0 Å². The van der Waals surface area contributed by atoms with Gasteiger partial charge in [-0.2, -0.15) is 0 Å². The maximum absolute atomic E-state index is 12.2. The predicted octanol–water partition coefficient (Wildman–Crippen LogP) is 1.82. The molecule has 1 amide bonds. The number of nitrogens with zero attached hydrogens (tertiary/aromatic N) is 2. The number of amides is 1. The fourth-order valence-electron chi connectivity index (χ4n) is 2.04. The van der Waals surface area contributed by atoms with Crippen molar-refractivity contribution < 1.29 is 9.21 Å². The third-order valence-electron chi connectivity index (χ3n) is 2.94. The van der Waals surface area contributed by atoms with Crippen molar-refractivity contribution in [1.29, 1.82) is 0 Å². The minimum atomic E-state index is 0.0428. The van der Waals surface area contributed by atoms with Gasteiger partial charge in [0.05, 0.1) is 11.8 Å². The third kappa shape index (κ3) is 2.15. The average Bonchev–Trinajstić information content (AvgIpc) is 2.63. The fraction of sp³-hybridized carbons (Fsp3) is 0.545. The molecule has 0 spiro atoms. The Morgan fingerprint density at radius 1 is 1.56 bits per heavy atom. The van der Waals surface area contributed by atoms with E-state index in [2.05, 4.69) is 34.8 Å². The van der Waals surface area contributed by atoms with Crippen molar-refractivity contribution in [2.24, 2.45) is 0 Å². The Morgan fingerprint density at radius 2 is 2.31 bits per heavy atom. The first-order valence-corrected chi connectivity index (χ1v) is 6.11. The Hall–Kier alpha value is -0.810. The molecule has 4 nitrogen and oxygen atoms in total. The van der Waals surface area contributed by atoms with Crippen LogP contribution in [0.4, 0.5) is 0 Å². The van der Waals surface area contributed by atoms with Crippen LogP contribution in [0.15, 0.2) is 21.4 Å². The van der Waals surface area contributed by atoms with Crippen LogP contribution >= 0.6 is 15.9 Å². The highest BCUT2D eigenvalue weighted by Gasteiger charge is 2.28. The molecule has 88 valence electrons. The number of likely N-dealkylation sites (N-methyl/N-ethyl adjacent to an activating group) is 1. The molecule has 1 unspecified atom stereocenters. The summed E-state index contributed by atoms with van der Waals surface area (Å²) in [6.07, 6.45) is 1.53. The molecule has 0 aromatic carbocycles. The topological polar surface area (TPSA) is 36.7 Å². The van der Waals surface area contributed by atoms with Crippen LogP contribution in [0.5, 0.6) is 0 Å². The van der Waals surface area contributed by atoms with Gasteiger partial charge in [0.15, 0.2) is 4.67 Å². The molecule has 1 fully saturated rings. The van der Waals surface area contributed by atoms with Gasteiger partial charge < -0.3 is 14.2 Å². The normalized spacial score (nSPS) is 22.4. The number of hydrogen-bond donors (Lipinski definition) is 0. The zero-order chi connectivity index (χ0) is 11.7. The van der Waals surface area contributed by atoms with Crippen LogP contribution in [-0.2, 0) is 0 Å². The maximum Gasteiger partial charge on any atom is 0.258 e. The molecule has 0 N–H and O–H groups in total. The van der Waals surface area contributed by atoms with Gasteiger partial charge in [-0.15, -0.1) is 0 Å². The SMILES string of the molecule is CC1CN(C)CCN1C(=O)c1ccoc1Br. The maximum atomic E-state index is 12.2. The molecule has 1 saturated heterocycles. The second kappa shape index (κ2) is 4.59. The van der Waals surface area contributed by atoms with Crippen LogP contribution < -0.4 is 0 Å². The van der Waals surface area contributed by atoms with E-state index in [9.17, 15) is 4.79 Å². The highest BCUT2D eigenvalue weighted by Crippen LogP contribution is 2.21. The summed E-state index contributed by atoms with van der Waals surface area (Å²) in [5.41, 5.74) is 0.608. The Bertz CT molecular complexity index is 391. The highest BCUT2D eigenvalue weighted by atomic mass is 79.9. The van der Waals surface area contributed by atoms with Crippen molar-refractivity contribution in [2.75, 3.05) is 26.7 Å². The first-order chi connectivity index (χ1) is 7.59. The number of halogens is 1. The van der Waals surface area contributed by atoms with Gasteiger partial charge in [0.2, 0.25) is 0 Å². The molecule has 16 heavy (non-hydrogen) atoms. The number of rotatable bonds is 1. The largest absolute Gasteiger partial charge is 0.457 e. The summed E-state index contributed by atoms with van der Waals surface area (Å²) in [6, 6.07) is 1.95. The number of piperazine rings is 1. The van der Waals surface area contributed by atoms with Crippen LogP contribution in [0.1, 0.15) is 17.3 Å². The Balaban J connectivity index is 2.14. The molecule has 0 aliphatic carbocycles. The van der Waals surface area contributed by atoms with Gasteiger partial charge in [-0.1, -0.05) is 0 Å². The monoisotopic (exact) mass is 286 g/mol. The quantitative estimate of drug-likeness (QED) is 0.790. The second-order valence-electron chi connectivity index (χ2n) is 4.22. The van der Waals surface area contributed by atoms with Crippen molar-refractivity contribution in [2.45, 2.75) is 13.0 Å². The molecule has 0 bridgehead atoms. The van der Waals surface area contributed by atoms with E-state index in [1.54, 1.807) is 6.07 Å². The van der Waals surface area contributed by atoms with Crippen LogP contribution in [0.25, 0.3) is 0 Å². The lowest BCUT2D eigenvalue weighted by Gasteiger charge is -2.38. The molecular weight excluding hydrogens is 272 g/mol. The van der Waals surface area contributed by atoms with Crippen molar-refractivity contribution in [3.05, 3.63) is 22.6 Å². The predicted molar refractivity (Wildman–Crippen MR) is 64.4 cm³/mol. The van der Waals surface area contributed by atoms with E-state index >= 15 is 0 Å². The van der Waals surface area contributed by atoms with Crippen LogP contribution in [0, 0.1) is 0 Å². The minimum absolute atomic E-state index is 0.0428. The molecule has 1 atom stereocenters. The van der Waals surface area contributed by atoms with E-state index in [-0.39, 0.29) is 11.9 Å². The Labute approximate surface area is 103 Å². The first-order valence-electron chi connectivity index (χ1n) is 5.32. The van der Waals surface area contributed by atoms with E-state index in [4.69, 9.17) is 4.42 Å². The second-order valence-corrected chi connectivity index (χ2v) is 4.94. The molecule has 2 rings (SSSR count). The summed E-state index contributed by atoms with van der Waals surface area (Å²) in [5, 5.41) is 0. The standard InChI is InChI=1S/C11H15BrN2O2/c1-8-7-13(2)4-5-14(8)11(15)9-3-6-16-10(9)12/h3,6,8H,4-5,7H2,1-2H3. The zero-order valence-corrected chi connectivity index (χ0v) is 11.0. The molecular formula is C11H15BrN2O2. The molecule has 0 saturated carbocycles. The minimum Gasteiger partial charge on any atom is -0.457 e. The number of carbonyl (C=O) groups is 1. The van der Waals surface area contributed by atoms with Gasteiger partial charge in [0.1, 0.15) is 0 Å². The van der Waals surface area contributed by atoms with E-state index in [1.807, 2.05) is 4.90 Å². The first kappa shape index (κ1) is 11.7. The Kier molecular flexibility index (Phi) is 3.35. The Morgan fingerprint density at radius 3 is 2.88 bits per heavy atom. The summed E-state index contributed by atoms with van der Waals surface area (Å²) >= 11 is 3.24. The third-order valence-corrected chi connectivity index (χ3v) is 3.55. The van der Waals surface area contributed by atoms with Crippen molar-refractivity contribution in [3.63, 3.8) is 0 Å². The van der Waals surface area contributed by atoms with Gasteiger partial charge in [-0.3, -0.25) is 4.79 Å². The van der Waals surface area contributed by atoms with E-state index < -0.39 is 0 Å². The molecule has 1 aliphatic heterocycles. The molecule has 0 radical (unpaired) electrons. The number of furan rings is 1. The lowest BCUT2D eigenvalue weighted by Crippen LogP contribution is -2.52. The van der Waals surface area contributed by atoms with Gasteiger partial charge in [-0.25, -0.2) is 0 Å². The fourth-order valence-corrected chi connectivity index (χ4v) is 2.45. The average molecular weight is 287 g/mol. The number of carbonyl (C=O) groups excluding carboxylic acids is 1. The lowest BCUT2D eigenvalue weighted by molar-refractivity contribution is 0.0531. The van der Waals surface area contributed by atoms with Crippen molar-refractivity contribution >= 4 is 21.8 Å². The van der Waals surface area contributed by atoms with Crippen molar-refractivity contribution in [1.82, 2.24) is 9.80 Å².